The van der Waals surface area contributed by atoms with Crippen molar-refractivity contribution in [3.63, 3.8) is 0 Å². The van der Waals surface area contributed by atoms with Crippen molar-refractivity contribution >= 4 is 23.4 Å². The second-order valence-corrected chi connectivity index (χ2v) is 7.79. The summed E-state index contributed by atoms with van der Waals surface area (Å²) in [6.07, 6.45) is 2.08. The second kappa shape index (κ2) is 6.53. The fourth-order valence-electron chi connectivity index (χ4n) is 1.45. The highest BCUT2D eigenvalue weighted by atomic mass is 32.2. The molecule has 1 aromatic carbocycles. The molecule has 3 nitrogen and oxygen atoms in total. The molecule has 0 atom stereocenters. The van der Waals surface area contributed by atoms with Crippen LogP contribution in [0.3, 0.4) is 0 Å². The lowest BCUT2D eigenvalue weighted by molar-refractivity contribution is -0.154. The highest BCUT2D eigenvalue weighted by Crippen LogP contribution is 2.24. The number of hydrogen-bond donors (Lipinski definition) is 1. The van der Waals surface area contributed by atoms with E-state index in [1.165, 1.54) is 0 Å². The normalized spacial score (nSPS) is 12.1. The molecule has 20 heavy (non-hydrogen) atoms. The highest BCUT2D eigenvalue weighted by Gasteiger charge is 2.22. The molecule has 0 aliphatic heterocycles. The summed E-state index contributed by atoms with van der Waals surface area (Å²) in [5, 5.41) is 3.44. The minimum absolute atomic E-state index is 0.000216. The summed E-state index contributed by atoms with van der Waals surface area (Å²) in [6.45, 7) is 10.2. The van der Waals surface area contributed by atoms with Crippen molar-refractivity contribution < 1.29 is 9.53 Å². The topological polar surface area (TPSA) is 38.3 Å². The Bertz CT molecular complexity index is 447. The first-order valence-electron chi connectivity index (χ1n) is 6.73. The minimum Gasteiger partial charge on any atom is -0.460 e. The molecule has 1 aromatic rings. The first kappa shape index (κ1) is 16.9. The van der Waals surface area contributed by atoms with Crippen molar-refractivity contribution in [2.24, 2.45) is 5.41 Å². The minimum atomic E-state index is -0.454. The van der Waals surface area contributed by atoms with Gasteiger partial charge in [-0.25, -0.2) is 0 Å². The first-order valence-corrected chi connectivity index (χ1v) is 7.96. The fraction of sp³-hybridized carbons (Fsp3) is 0.562. The summed E-state index contributed by atoms with van der Waals surface area (Å²) >= 11 is 1.76. The molecule has 0 heterocycles. The molecule has 0 aliphatic rings. The highest BCUT2D eigenvalue weighted by molar-refractivity contribution is 8.00. The molecule has 1 N–H and O–H groups in total. The average Bonchev–Trinajstić information content (AvgIpc) is 2.36. The number of benzene rings is 1. The number of carbonyl (C=O) groups is 1. The van der Waals surface area contributed by atoms with Gasteiger partial charge in [0.1, 0.15) is 6.61 Å². The quantitative estimate of drug-likeness (QED) is 0.650. The third-order valence-electron chi connectivity index (χ3n) is 2.89. The van der Waals surface area contributed by atoms with Crippen molar-refractivity contribution in [1.29, 1.82) is 0 Å². The molecule has 0 aromatic heterocycles. The van der Waals surface area contributed by atoms with Crippen LogP contribution in [-0.4, -0.2) is 17.1 Å². The number of thioether (sulfide) groups is 1. The molecular formula is C16H25NO2S. The summed E-state index contributed by atoms with van der Waals surface area (Å²) in [5.74, 6) is -0.178. The zero-order valence-corrected chi connectivity index (χ0v) is 14.1. The zero-order chi connectivity index (χ0) is 15.4. The van der Waals surface area contributed by atoms with Gasteiger partial charge >= 0.3 is 5.97 Å². The van der Waals surface area contributed by atoms with Gasteiger partial charge in [-0.3, -0.25) is 4.79 Å². The lowest BCUT2D eigenvalue weighted by Crippen LogP contribution is -2.25. The van der Waals surface area contributed by atoms with Crippen molar-refractivity contribution in [3.05, 3.63) is 29.8 Å². The number of ether oxygens (including phenoxy) is 1. The number of hydrogen-bond acceptors (Lipinski definition) is 4. The van der Waals surface area contributed by atoms with Gasteiger partial charge in [-0.05, 0) is 58.6 Å². The molecule has 0 amide bonds. The van der Waals surface area contributed by atoms with Gasteiger partial charge < -0.3 is 10.1 Å². The lowest BCUT2D eigenvalue weighted by Gasteiger charge is -2.25. The Hall–Kier alpha value is -1.16. The van der Waals surface area contributed by atoms with Gasteiger partial charge in [0, 0.05) is 5.69 Å². The van der Waals surface area contributed by atoms with E-state index in [0.717, 1.165) is 11.3 Å². The third kappa shape index (κ3) is 5.45. The van der Waals surface area contributed by atoms with Crippen LogP contribution in [0.5, 0.6) is 0 Å². The van der Waals surface area contributed by atoms with Gasteiger partial charge in [0.25, 0.3) is 0 Å². The van der Waals surface area contributed by atoms with Gasteiger partial charge in [-0.15, -0.1) is 11.8 Å². The maximum Gasteiger partial charge on any atom is 0.311 e. The van der Waals surface area contributed by atoms with Gasteiger partial charge in [0.05, 0.1) is 10.3 Å². The van der Waals surface area contributed by atoms with Crippen LogP contribution in [0.1, 0.15) is 40.2 Å². The molecule has 0 saturated heterocycles. The van der Waals surface area contributed by atoms with Gasteiger partial charge in [-0.1, -0.05) is 12.1 Å². The van der Waals surface area contributed by atoms with E-state index in [9.17, 15) is 4.79 Å². The van der Waals surface area contributed by atoms with Crippen LogP contribution < -0.4 is 5.32 Å². The van der Waals surface area contributed by atoms with E-state index < -0.39 is 5.41 Å². The standard InChI is InChI=1S/C16H25NO2S/c1-15(2,3)14(18)19-11-12-7-9-13(10-8-12)17-16(4,5)20-6/h7-10,17H,11H2,1-6H3. The first-order chi connectivity index (χ1) is 9.14. The molecule has 0 unspecified atom stereocenters. The number of carbonyl (C=O) groups excluding carboxylic acids is 1. The molecule has 0 saturated carbocycles. The summed E-state index contributed by atoms with van der Waals surface area (Å²) in [5.41, 5.74) is 1.61. The molecule has 0 spiro atoms. The molecule has 4 heteroatoms. The van der Waals surface area contributed by atoms with E-state index in [2.05, 4.69) is 25.4 Å². The van der Waals surface area contributed by atoms with E-state index in [1.54, 1.807) is 11.8 Å². The molecular weight excluding hydrogens is 270 g/mol. The maximum atomic E-state index is 11.7. The molecule has 0 aliphatic carbocycles. The largest absolute Gasteiger partial charge is 0.460 e. The van der Waals surface area contributed by atoms with Gasteiger partial charge in [0.15, 0.2) is 0 Å². The number of esters is 1. The van der Waals surface area contributed by atoms with Gasteiger partial charge in [-0.2, -0.15) is 0 Å². The van der Waals surface area contributed by atoms with E-state index in [0.29, 0.717) is 6.61 Å². The zero-order valence-electron chi connectivity index (χ0n) is 13.2. The fourth-order valence-corrected chi connectivity index (χ4v) is 1.67. The number of anilines is 1. The summed E-state index contributed by atoms with van der Waals surface area (Å²) in [4.78, 5) is 11.7. The third-order valence-corrected chi connectivity index (χ3v) is 4.01. The Morgan fingerprint density at radius 3 is 2.15 bits per heavy atom. The average molecular weight is 295 g/mol. The monoisotopic (exact) mass is 295 g/mol. The van der Waals surface area contributed by atoms with Crippen LogP contribution in [0, 0.1) is 5.41 Å². The Balaban J connectivity index is 2.57. The smallest absolute Gasteiger partial charge is 0.311 e. The molecule has 0 fully saturated rings. The molecule has 112 valence electrons. The van der Waals surface area contributed by atoms with Crippen molar-refractivity contribution in [3.8, 4) is 0 Å². The molecule has 1 rings (SSSR count). The van der Waals surface area contributed by atoms with Crippen LogP contribution in [0.2, 0.25) is 0 Å². The summed E-state index contributed by atoms with van der Waals surface area (Å²) in [6, 6.07) is 7.99. The Morgan fingerprint density at radius 1 is 1.15 bits per heavy atom. The second-order valence-electron chi connectivity index (χ2n) is 6.36. The van der Waals surface area contributed by atoms with Crippen LogP contribution >= 0.6 is 11.8 Å². The van der Waals surface area contributed by atoms with Gasteiger partial charge in [0.2, 0.25) is 0 Å². The Morgan fingerprint density at radius 2 is 1.70 bits per heavy atom. The van der Waals surface area contributed by atoms with Crippen LogP contribution in [0.25, 0.3) is 0 Å². The predicted octanol–water partition coefficient (Wildman–Crippen LogP) is 4.29. The van der Waals surface area contributed by atoms with Crippen LogP contribution in [0.4, 0.5) is 5.69 Å². The van der Waals surface area contributed by atoms with Crippen LogP contribution in [-0.2, 0) is 16.1 Å². The Kier molecular flexibility index (Phi) is 5.51. The van der Waals surface area contributed by atoms with Crippen molar-refractivity contribution in [1.82, 2.24) is 0 Å². The summed E-state index contributed by atoms with van der Waals surface area (Å²) < 4.78 is 5.29. The van der Waals surface area contributed by atoms with Crippen molar-refractivity contribution in [2.75, 3.05) is 11.6 Å². The predicted molar refractivity (Wildman–Crippen MR) is 86.9 cm³/mol. The lowest BCUT2D eigenvalue weighted by atomic mass is 9.97. The van der Waals surface area contributed by atoms with E-state index >= 15 is 0 Å². The van der Waals surface area contributed by atoms with E-state index in [4.69, 9.17) is 4.74 Å². The number of nitrogens with one attached hydrogen (secondary N) is 1. The Labute approximate surface area is 126 Å². The molecule has 0 radical (unpaired) electrons. The summed E-state index contributed by atoms with van der Waals surface area (Å²) in [7, 11) is 0. The van der Waals surface area contributed by atoms with E-state index in [-0.39, 0.29) is 10.8 Å². The van der Waals surface area contributed by atoms with Crippen molar-refractivity contribution in [2.45, 2.75) is 46.1 Å². The maximum absolute atomic E-state index is 11.7. The molecule has 0 bridgehead atoms. The number of rotatable bonds is 5. The van der Waals surface area contributed by atoms with E-state index in [1.807, 2.05) is 45.0 Å². The van der Waals surface area contributed by atoms with Crippen LogP contribution in [0.15, 0.2) is 24.3 Å². The SMILES string of the molecule is CSC(C)(C)Nc1ccc(COC(=O)C(C)(C)C)cc1.